The third kappa shape index (κ3) is 3.30. The molecule has 1 aliphatic heterocycles. The summed E-state index contributed by atoms with van der Waals surface area (Å²) in [4.78, 5) is 11.0. The Hall–Kier alpha value is -0.650. The van der Waals surface area contributed by atoms with Crippen LogP contribution in [0.15, 0.2) is 0 Å². The summed E-state index contributed by atoms with van der Waals surface area (Å²) in [5.41, 5.74) is 5.24. The maximum atomic E-state index is 11.0. The van der Waals surface area contributed by atoms with Crippen molar-refractivity contribution in [2.75, 3.05) is 19.8 Å². The Kier molecular flexibility index (Phi) is 4.14. The fourth-order valence-electron chi connectivity index (χ4n) is 1.13. The van der Waals surface area contributed by atoms with Gasteiger partial charge in [-0.2, -0.15) is 0 Å². The fraction of sp³-hybridized carbons (Fsp3) is 0.875. The van der Waals surface area contributed by atoms with E-state index in [1.54, 1.807) is 0 Å². The van der Waals surface area contributed by atoms with Gasteiger partial charge in [-0.3, -0.25) is 4.79 Å². The van der Waals surface area contributed by atoms with Gasteiger partial charge >= 0.3 is 5.97 Å². The molecule has 1 aliphatic rings. The summed E-state index contributed by atoms with van der Waals surface area (Å²) >= 11 is 0. The van der Waals surface area contributed by atoms with Crippen LogP contribution in [0.5, 0.6) is 0 Å². The lowest BCUT2D eigenvalue weighted by atomic mass is 10.2. The summed E-state index contributed by atoms with van der Waals surface area (Å²) in [5.74, 6) is -0.571. The molecular formula is C8H15NO4. The van der Waals surface area contributed by atoms with Crippen molar-refractivity contribution >= 4 is 5.97 Å². The highest BCUT2D eigenvalue weighted by atomic mass is 16.6. The van der Waals surface area contributed by atoms with E-state index < -0.39 is 12.0 Å². The molecule has 0 bridgehead atoms. The number of esters is 1. The molecule has 5 heteroatoms. The molecule has 1 rings (SSSR count). The Morgan fingerprint density at radius 1 is 1.77 bits per heavy atom. The molecule has 0 aliphatic carbocycles. The average molecular weight is 189 g/mol. The molecule has 0 aromatic heterocycles. The number of rotatable bonds is 4. The number of ether oxygens (including phenoxy) is 2. The van der Waals surface area contributed by atoms with Crippen molar-refractivity contribution in [3.05, 3.63) is 0 Å². The minimum atomic E-state index is -0.929. The van der Waals surface area contributed by atoms with Gasteiger partial charge in [0.1, 0.15) is 12.6 Å². The number of hydrogen-bond donors (Lipinski definition) is 2. The Morgan fingerprint density at radius 3 is 3.08 bits per heavy atom. The third-order valence-electron chi connectivity index (χ3n) is 1.93. The van der Waals surface area contributed by atoms with Crippen LogP contribution in [0.25, 0.3) is 0 Å². The summed E-state index contributed by atoms with van der Waals surface area (Å²) < 4.78 is 10.1. The molecule has 76 valence electrons. The normalized spacial score (nSPS) is 24.3. The Balaban J connectivity index is 2.13. The lowest BCUT2D eigenvalue weighted by Gasteiger charge is -2.12. The predicted molar refractivity (Wildman–Crippen MR) is 45.0 cm³/mol. The van der Waals surface area contributed by atoms with Crippen molar-refractivity contribution < 1.29 is 19.4 Å². The van der Waals surface area contributed by atoms with E-state index in [-0.39, 0.29) is 19.3 Å². The monoisotopic (exact) mass is 189 g/mol. The first-order valence-corrected chi connectivity index (χ1v) is 4.38. The zero-order valence-electron chi connectivity index (χ0n) is 7.44. The summed E-state index contributed by atoms with van der Waals surface area (Å²) in [6.07, 6.45) is 1.94. The molecule has 1 saturated heterocycles. The van der Waals surface area contributed by atoms with Crippen LogP contribution in [0, 0.1) is 0 Å². The fourth-order valence-corrected chi connectivity index (χ4v) is 1.13. The van der Waals surface area contributed by atoms with Gasteiger partial charge in [-0.25, -0.2) is 0 Å². The highest BCUT2D eigenvalue weighted by Gasteiger charge is 2.19. The van der Waals surface area contributed by atoms with Crippen LogP contribution < -0.4 is 5.73 Å². The van der Waals surface area contributed by atoms with Crippen molar-refractivity contribution in [2.45, 2.75) is 25.0 Å². The van der Waals surface area contributed by atoms with E-state index in [0.29, 0.717) is 0 Å². The first kappa shape index (κ1) is 10.4. The maximum Gasteiger partial charge on any atom is 0.325 e. The molecule has 2 atom stereocenters. The minimum absolute atomic E-state index is 0.00911. The molecule has 0 aromatic carbocycles. The highest BCUT2D eigenvalue weighted by Crippen LogP contribution is 2.11. The second-order valence-electron chi connectivity index (χ2n) is 3.05. The average Bonchev–Trinajstić information content (AvgIpc) is 2.65. The number of carbonyl (C=O) groups excluding carboxylic acids is 1. The van der Waals surface area contributed by atoms with E-state index in [2.05, 4.69) is 0 Å². The topological polar surface area (TPSA) is 81.8 Å². The quantitative estimate of drug-likeness (QED) is 0.556. The number of aliphatic hydroxyl groups is 1. The minimum Gasteiger partial charge on any atom is -0.462 e. The second-order valence-corrected chi connectivity index (χ2v) is 3.05. The van der Waals surface area contributed by atoms with Crippen molar-refractivity contribution in [1.82, 2.24) is 0 Å². The van der Waals surface area contributed by atoms with Gasteiger partial charge in [0.25, 0.3) is 0 Å². The molecule has 3 N–H and O–H groups in total. The highest BCUT2D eigenvalue weighted by molar-refractivity contribution is 5.75. The molecule has 0 aromatic rings. The number of aliphatic hydroxyl groups excluding tert-OH is 1. The van der Waals surface area contributed by atoms with Crippen LogP contribution in [0.2, 0.25) is 0 Å². The Bertz CT molecular complexity index is 168. The molecule has 0 saturated carbocycles. The number of hydrogen-bond acceptors (Lipinski definition) is 5. The molecule has 2 unspecified atom stereocenters. The molecule has 0 radical (unpaired) electrons. The SMILES string of the molecule is NC(CO)C(=O)OCC1CCCO1. The Labute approximate surface area is 76.8 Å². The van der Waals surface area contributed by atoms with Crippen LogP contribution in [0.1, 0.15) is 12.8 Å². The van der Waals surface area contributed by atoms with E-state index in [1.165, 1.54) is 0 Å². The van der Waals surface area contributed by atoms with Crippen molar-refractivity contribution in [2.24, 2.45) is 5.73 Å². The first-order chi connectivity index (χ1) is 6.24. The lowest BCUT2D eigenvalue weighted by Crippen LogP contribution is -2.36. The summed E-state index contributed by atoms with van der Waals surface area (Å²) in [6.45, 7) is 0.588. The van der Waals surface area contributed by atoms with E-state index in [9.17, 15) is 4.79 Å². The molecule has 1 fully saturated rings. The molecule has 5 nitrogen and oxygen atoms in total. The largest absolute Gasteiger partial charge is 0.462 e. The van der Waals surface area contributed by atoms with Crippen LogP contribution in [0.3, 0.4) is 0 Å². The van der Waals surface area contributed by atoms with Crippen molar-refractivity contribution in [3.63, 3.8) is 0 Å². The smallest absolute Gasteiger partial charge is 0.325 e. The van der Waals surface area contributed by atoms with Gasteiger partial charge < -0.3 is 20.3 Å². The van der Waals surface area contributed by atoms with E-state index in [0.717, 1.165) is 19.4 Å². The zero-order chi connectivity index (χ0) is 9.68. The van der Waals surface area contributed by atoms with Crippen molar-refractivity contribution in [1.29, 1.82) is 0 Å². The first-order valence-electron chi connectivity index (χ1n) is 4.38. The number of carbonyl (C=O) groups is 1. The molecule has 13 heavy (non-hydrogen) atoms. The standard InChI is InChI=1S/C8H15NO4/c9-7(4-10)8(11)13-5-6-2-1-3-12-6/h6-7,10H,1-5,9H2. The van der Waals surface area contributed by atoms with Gasteiger partial charge in [-0.05, 0) is 12.8 Å². The van der Waals surface area contributed by atoms with Gasteiger partial charge in [0.15, 0.2) is 0 Å². The van der Waals surface area contributed by atoms with Gasteiger partial charge in [0, 0.05) is 6.61 Å². The van der Waals surface area contributed by atoms with Gasteiger partial charge in [-0.15, -0.1) is 0 Å². The van der Waals surface area contributed by atoms with Gasteiger partial charge in [-0.1, -0.05) is 0 Å². The van der Waals surface area contributed by atoms with Gasteiger partial charge in [0.05, 0.1) is 12.7 Å². The number of nitrogens with two attached hydrogens (primary N) is 1. The second kappa shape index (κ2) is 5.16. The van der Waals surface area contributed by atoms with Crippen LogP contribution >= 0.6 is 0 Å². The zero-order valence-corrected chi connectivity index (χ0v) is 7.44. The summed E-state index contributed by atoms with van der Waals surface area (Å²) in [5, 5.41) is 8.54. The van der Waals surface area contributed by atoms with E-state index in [1.807, 2.05) is 0 Å². The van der Waals surface area contributed by atoms with Crippen molar-refractivity contribution in [3.8, 4) is 0 Å². The molecule has 0 amide bonds. The van der Waals surface area contributed by atoms with E-state index in [4.69, 9.17) is 20.3 Å². The molecular weight excluding hydrogens is 174 g/mol. The third-order valence-corrected chi connectivity index (χ3v) is 1.93. The van der Waals surface area contributed by atoms with Crippen LogP contribution in [-0.2, 0) is 14.3 Å². The lowest BCUT2D eigenvalue weighted by molar-refractivity contribution is -0.149. The Morgan fingerprint density at radius 2 is 2.54 bits per heavy atom. The van der Waals surface area contributed by atoms with Crippen LogP contribution in [0.4, 0.5) is 0 Å². The van der Waals surface area contributed by atoms with Crippen LogP contribution in [-0.4, -0.2) is 43.0 Å². The molecule has 0 spiro atoms. The predicted octanol–water partition coefficient (Wildman–Crippen LogP) is -0.972. The van der Waals surface area contributed by atoms with Gasteiger partial charge in [0.2, 0.25) is 0 Å². The summed E-state index contributed by atoms with van der Waals surface area (Å²) in [7, 11) is 0. The molecule has 1 heterocycles. The summed E-state index contributed by atoms with van der Waals surface area (Å²) in [6, 6.07) is -0.929. The van der Waals surface area contributed by atoms with E-state index >= 15 is 0 Å². The maximum absolute atomic E-state index is 11.0.